The fourth-order valence-electron chi connectivity index (χ4n) is 2.76. The van der Waals surface area contributed by atoms with Gasteiger partial charge in [-0.15, -0.1) is 0 Å². The molecule has 1 heteroatoms. The average Bonchev–Trinajstić information content (AvgIpc) is 2.80. The van der Waals surface area contributed by atoms with E-state index in [4.69, 9.17) is 4.42 Å². The molecule has 0 aromatic carbocycles. The Morgan fingerprint density at radius 1 is 0.600 bits per heavy atom. The summed E-state index contributed by atoms with van der Waals surface area (Å²) in [5.74, 6) is 0. The number of benzene rings is 1. The van der Waals surface area contributed by atoms with Crippen molar-refractivity contribution in [3.63, 3.8) is 0 Å². The normalized spacial score (nSPS) is 11.7. The SMILES string of the molecule is CCc1c(CC)c2oc1c(CC)c2CC. The van der Waals surface area contributed by atoms with E-state index >= 15 is 0 Å². The maximum atomic E-state index is 5.97. The molecular weight excluding hydrogens is 184 g/mol. The predicted octanol–water partition coefficient (Wildman–Crippen LogP) is 4.12. The van der Waals surface area contributed by atoms with E-state index in [1.54, 1.807) is 0 Å². The topological polar surface area (TPSA) is 13.1 Å². The van der Waals surface area contributed by atoms with Gasteiger partial charge in [0.25, 0.3) is 0 Å². The Bertz CT molecular complexity index is 374. The van der Waals surface area contributed by atoms with Gasteiger partial charge in [0.1, 0.15) is 11.2 Å². The standard InChI is InChI=1S/C14H20O/c1-5-9-10(6-2)14-12(8-4)11(7-3)13(9)15-14/h5-8H2,1-4H3. The first-order valence-electron chi connectivity index (χ1n) is 6.15. The van der Waals surface area contributed by atoms with Crippen molar-refractivity contribution in [2.45, 2.75) is 53.4 Å². The Hall–Kier alpha value is -0.980. The molecule has 0 spiro atoms. The average molecular weight is 204 g/mol. The van der Waals surface area contributed by atoms with Crippen LogP contribution in [0, 0.1) is 0 Å². The lowest BCUT2D eigenvalue weighted by molar-refractivity contribution is 0.666. The Kier molecular flexibility index (Phi) is 2.72. The second-order valence-electron chi connectivity index (χ2n) is 4.09. The molecule has 2 aromatic rings. The quantitative estimate of drug-likeness (QED) is 0.730. The number of rotatable bonds is 4. The molecule has 2 aromatic heterocycles. The van der Waals surface area contributed by atoms with Crippen LogP contribution in [-0.4, -0.2) is 0 Å². The molecule has 0 radical (unpaired) electrons. The van der Waals surface area contributed by atoms with Crippen LogP contribution in [0.1, 0.15) is 49.9 Å². The number of aryl methyl sites for hydroxylation is 4. The summed E-state index contributed by atoms with van der Waals surface area (Å²) in [5.41, 5.74) is 8.23. The van der Waals surface area contributed by atoms with E-state index in [9.17, 15) is 0 Å². The zero-order valence-corrected chi connectivity index (χ0v) is 10.2. The molecule has 0 aliphatic carbocycles. The maximum Gasteiger partial charge on any atom is 0.134 e. The van der Waals surface area contributed by atoms with Crippen molar-refractivity contribution >= 4 is 11.2 Å². The first-order valence-corrected chi connectivity index (χ1v) is 6.15. The first-order chi connectivity index (χ1) is 7.28. The van der Waals surface area contributed by atoms with Crippen LogP contribution in [0.4, 0.5) is 0 Å². The van der Waals surface area contributed by atoms with E-state index in [-0.39, 0.29) is 0 Å². The minimum atomic E-state index is 1.10. The van der Waals surface area contributed by atoms with Crippen molar-refractivity contribution in [3.8, 4) is 0 Å². The molecule has 0 atom stereocenters. The van der Waals surface area contributed by atoms with Crippen molar-refractivity contribution in [1.82, 2.24) is 0 Å². The fraction of sp³-hybridized carbons (Fsp3) is 0.571. The van der Waals surface area contributed by atoms with Crippen LogP contribution in [-0.2, 0) is 25.7 Å². The molecule has 0 amide bonds. The fourth-order valence-corrected chi connectivity index (χ4v) is 2.76. The van der Waals surface area contributed by atoms with Gasteiger partial charge in [0.05, 0.1) is 0 Å². The predicted molar refractivity (Wildman–Crippen MR) is 64.9 cm³/mol. The zero-order chi connectivity index (χ0) is 11.0. The molecule has 2 bridgehead atoms. The summed E-state index contributed by atoms with van der Waals surface area (Å²) in [5, 5.41) is 0. The molecule has 0 unspecified atom stereocenters. The van der Waals surface area contributed by atoms with Crippen LogP contribution < -0.4 is 0 Å². The molecule has 0 aliphatic rings. The Labute approximate surface area is 91.8 Å². The zero-order valence-electron chi connectivity index (χ0n) is 10.2. The van der Waals surface area contributed by atoms with Gasteiger partial charge in [-0.05, 0) is 25.7 Å². The van der Waals surface area contributed by atoms with E-state index in [1.807, 2.05) is 0 Å². The minimum Gasteiger partial charge on any atom is -0.456 e. The van der Waals surface area contributed by atoms with Gasteiger partial charge >= 0.3 is 0 Å². The maximum absolute atomic E-state index is 5.97. The Morgan fingerprint density at radius 2 is 0.867 bits per heavy atom. The summed E-state index contributed by atoms with van der Waals surface area (Å²) < 4.78 is 5.97. The van der Waals surface area contributed by atoms with Crippen molar-refractivity contribution < 1.29 is 4.42 Å². The van der Waals surface area contributed by atoms with E-state index in [0.29, 0.717) is 0 Å². The summed E-state index contributed by atoms with van der Waals surface area (Å²) >= 11 is 0. The lowest BCUT2D eigenvalue weighted by atomic mass is 9.93. The van der Waals surface area contributed by atoms with Crippen LogP contribution in [0.2, 0.25) is 0 Å². The van der Waals surface area contributed by atoms with Gasteiger partial charge in [-0.2, -0.15) is 0 Å². The summed E-state index contributed by atoms with van der Waals surface area (Å²) in [7, 11) is 0. The molecule has 0 fully saturated rings. The van der Waals surface area contributed by atoms with Crippen LogP contribution >= 0.6 is 0 Å². The number of hydrogen-bond acceptors (Lipinski definition) is 1. The summed E-state index contributed by atoms with van der Waals surface area (Å²) in [6.45, 7) is 8.89. The molecule has 2 rings (SSSR count). The van der Waals surface area contributed by atoms with Gasteiger partial charge in [0.2, 0.25) is 0 Å². The monoisotopic (exact) mass is 204 g/mol. The van der Waals surface area contributed by atoms with Gasteiger partial charge in [0, 0.05) is 22.3 Å². The molecule has 0 saturated carbocycles. The smallest absolute Gasteiger partial charge is 0.134 e. The lowest BCUT2D eigenvalue weighted by Gasteiger charge is -2.07. The molecular formula is C14H20O. The van der Waals surface area contributed by atoms with E-state index in [0.717, 1.165) is 25.7 Å². The highest BCUT2D eigenvalue weighted by Crippen LogP contribution is 2.38. The van der Waals surface area contributed by atoms with Crippen molar-refractivity contribution in [3.05, 3.63) is 22.3 Å². The number of fused-ring (bicyclic) bond motifs is 2. The Balaban J connectivity index is 2.72. The third-order valence-electron chi connectivity index (χ3n) is 3.44. The van der Waals surface area contributed by atoms with Gasteiger partial charge in [-0.1, -0.05) is 27.7 Å². The van der Waals surface area contributed by atoms with Crippen molar-refractivity contribution in [2.24, 2.45) is 0 Å². The Morgan fingerprint density at radius 3 is 1.07 bits per heavy atom. The largest absolute Gasteiger partial charge is 0.456 e. The second kappa shape index (κ2) is 3.88. The molecule has 1 nitrogen and oxygen atoms in total. The summed E-state index contributed by atoms with van der Waals surface area (Å²) in [4.78, 5) is 0. The van der Waals surface area contributed by atoms with Gasteiger partial charge in [-0.25, -0.2) is 0 Å². The van der Waals surface area contributed by atoms with E-state index in [1.165, 1.54) is 33.4 Å². The molecule has 2 heterocycles. The highest BCUT2D eigenvalue weighted by atomic mass is 16.3. The molecule has 82 valence electrons. The number of hydrogen-bond donors (Lipinski definition) is 0. The van der Waals surface area contributed by atoms with Gasteiger partial charge in [-0.3, -0.25) is 0 Å². The molecule has 15 heavy (non-hydrogen) atoms. The highest BCUT2D eigenvalue weighted by Gasteiger charge is 2.22. The van der Waals surface area contributed by atoms with Crippen LogP contribution in [0.3, 0.4) is 0 Å². The van der Waals surface area contributed by atoms with Crippen LogP contribution in [0.15, 0.2) is 4.42 Å². The highest BCUT2D eigenvalue weighted by molar-refractivity contribution is 5.80. The molecule has 0 N–H and O–H groups in total. The van der Waals surface area contributed by atoms with Crippen molar-refractivity contribution in [1.29, 1.82) is 0 Å². The minimum absolute atomic E-state index is 1.10. The van der Waals surface area contributed by atoms with Gasteiger partial charge in [0.15, 0.2) is 0 Å². The second-order valence-corrected chi connectivity index (χ2v) is 4.09. The third-order valence-corrected chi connectivity index (χ3v) is 3.44. The van der Waals surface area contributed by atoms with Crippen molar-refractivity contribution in [2.75, 3.05) is 0 Å². The first kappa shape index (κ1) is 10.5. The molecule has 0 aliphatic heterocycles. The number of furan rings is 2. The van der Waals surface area contributed by atoms with E-state index in [2.05, 4.69) is 27.7 Å². The molecule has 0 saturated heterocycles. The van der Waals surface area contributed by atoms with E-state index < -0.39 is 0 Å². The lowest BCUT2D eigenvalue weighted by Crippen LogP contribution is -1.96. The summed E-state index contributed by atoms with van der Waals surface area (Å²) in [6, 6.07) is 0. The van der Waals surface area contributed by atoms with Crippen LogP contribution in [0.5, 0.6) is 0 Å². The summed E-state index contributed by atoms with van der Waals surface area (Å²) in [6.07, 6.45) is 4.40. The van der Waals surface area contributed by atoms with Gasteiger partial charge < -0.3 is 4.42 Å². The van der Waals surface area contributed by atoms with Crippen LogP contribution in [0.25, 0.3) is 11.2 Å². The third kappa shape index (κ3) is 1.29.